The van der Waals surface area contributed by atoms with Gasteiger partial charge in [0.1, 0.15) is 28.8 Å². The Morgan fingerprint density at radius 1 is 1.22 bits per heavy atom. The minimum atomic E-state index is -1.22. The smallest absolute Gasteiger partial charge is 0.254 e. The number of nitrogens with zero attached hydrogens (tertiary/aromatic N) is 1. The van der Waals surface area contributed by atoms with Crippen LogP contribution in [0.4, 0.5) is 13.2 Å². The van der Waals surface area contributed by atoms with Crippen LogP contribution in [0.3, 0.4) is 0 Å². The molecule has 1 amide bonds. The van der Waals surface area contributed by atoms with Crippen LogP contribution < -0.4 is 10.5 Å². The van der Waals surface area contributed by atoms with Gasteiger partial charge in [-0.15, -0.1) is 11.3 Å². The fourth-order valence-corrected chi connectivity index (χ4v) is 2.88. The second-order valence-electron chi connectivity index (χ2n) is 4.61. The number of carbonyl (C=O) groups excluding carboxylic acids is 1. The van der Waals surface area contributed by atoms with Crippen LogP contribution in [0.1, 0.15) is 15.4 Å². The number of rotatable bonds is 4. The number of aromatic nitrogens is 1. The van der Waals surface area contributed by atoms with Gasteiger partial charge in [0.05, 0.1) is 10.2 Å². The van der Waals surface area contributed by atoms with Crippen LogP contribution in [0.15, 0.2) is 30.3 Å². The van der Waals surface area contributed by atoms with E-state index in [2.05, 4.69) is 4.98 Å². The molecule has 0 saturated heterocycles. The van der Waals surface area contributed by atoms with Gasteiger partial charge in [-0.2, -0.15) is 0 Å². The van der Waals surface area contributed by atoms with Crippen LogP contribution in [0.25, 0.3) is 10.2 Å². The molecule has 3 aromatic rings. The lowest BCUT2D eigenvalue weighted by molar-refractivity contribution is 0.0991. The highest BCUT2D eigenvalue weighted by molar-refractivity contribution is 7.18. The first-order chi connectivity index (χ1) is 11.0. The first kappa shape index (κ1) is 15.3. The zero-order chi connectivity index (χ0) is 16.6. The van der Waals surface area contributed by atoms with Gasteiger partial charge in [0.25, 0.3) is 5.91 Å². The van der Waals surface area contributed by atoms with Crippen molar-refractivity contribution in [3.05, 3.63) is 58.4 Å². The summed E-state index contributed by atoms with van der Waals surface area (Å²) in [6, 6.07) is 6.12. The van der Waals surface area contributed by atoms with E-state index in [1.807, 2.05) is 0 Å². The standard InChI is InChI=1S/C15H9F3N2O2S/c16-7-1-4-11-9(5-7)20-12(23-11)6-22-10-3-2-8(17)13(14(10)18)15(19)21/h1-5H,6H2,(H2,19,21). The molecular formula is C15H9F3N2O2S. The summed E-state index contributed by atoms with van der Waals surface area (Å²) in [4.78, 5) is 15.2. The highest BCUT2D eigenvalue weighted by atomic mass is 32.1. The van der Waals surface area contributed by atoms with Crippen molar-refractivity contribution in [2.75, 3.05) is 0 Å². The number of hydrogen-bond acceptors (Lipinski definition) is 4. The molecule has 1 heterocycles. The van der Waals surface area contributed by atoms with Crippen LogP contribution in [-0.4, -0.2) is 10.9 Å². The Morgan fingerprint density at radius 2 is 2.00 bits per heavy atom. The van der Waals surface area contributed by atoms with Gasteiger partial charge in [0.2, 0.25) is 0 Å². The summed E-state index contributed by atoms with van der Waals surface area (Å²) in [5.41, 5.74) is 4.55. The van der Waals surface area contributed by atoms with Crippen molar-refractivity contribution in [2.45, 2.75) is 6.61 Å². The summed E-state index contributed by atoms with van der Waals surface area (Å²) in [5.74, 6) is -4.17. The maximum atomic E-state index is 14.0. The highest BCUT2D eigenvalue weighted by Crippen LogP contribution is 2.26. The number of halogens is 3. The monoisotopic (exact) mass is 338 g/mol. The lowest BCUT2D eigenvalue weighted by Gasteiger charge is -2.08. The maximum Gasteiger partial charge on any atom is 0.254 e. The Labute approximate surface area is 132 Å². The molecule has 0 saturated carbocycles. The van der Waals surface area contributed by atoms with E-state index in [4.69, 9.17) is 10.5 Å². The van der Waals surface area contributed by atoms with Gasteiger partial charge in [-0.3, -0.25) is 4.79 Å². The predicted molar refractivity (Wildman–Crippen MR) is 78.8 cm³/mol. The van der Waals surface area contributed by atoms with Gasteiger partial charge in [0, 0.05) is 6.07 Å². The van der Waals surface area contributed by atoms with Crippen molar-refractivity contribution in [1.29, 1.82) is 0 Å². The van der Waals surface area contributed by atoms with Crippen LogP contribution in [-0.2, 0) is 6.61 Å². The summed E-state index contributed by atoms with van der Waals surface area (Å²) in [6.45, 7) is -0.109. The fraction of sp³-hybridized carbons (Fsp3) is 0.0667. The maximum absolute atomic E-state index is 14.0. The Hall–Kier alpha value is -2.61. The van der Waals surface area contributed by atoms with Crippen molar-refractivity contribution in [2.24, 2.45) is 5.73 Å². The van der Waals surface area contributed by atoms with E-state index >= 15 is 0 Å². The lowest BCUT2D eigenvalue weighted by atomic mass is 10.2. The largest absolute Gasteiger partial charge is 0.483 e. The minimum absolute atomic E-state index is 0.109. The second kappa shape index (κ2) is 5.88. The van der Waals surface area contributed by atoms with E-state index in [1.165, 1.54) is 23.5 Å². The molecule has 0 spiro atoms. The SMILES string of the molecule is NC(=O)c1c(F)ccc(OCc2nc3cc(F)ccc3s2)c1F. The van der Waals surface area contributed by atoms with E-state index in [9.17, 15) is 18.0 Å². The Bertz CT molecular complexity index is 911. The third kappa shape index (κ3) is 2.98. The number of carbonyl (C=O) groups is 1. The van der Waals surface area contributed by atoms with E-state index in [1.54, 1.807) is 6.07 Å². The zero-order valence-corrected chi connectivity index (χ0v) is 12.3. The number of amides is 1. The Kier molecular flexibility index (Phi) is 3.91. The van der Waals surface area contributed by atoms with Crippen molar-refractivity contribution in [1.82, 2.24) is 4.98 Å². The van der Waals surface area contributed by atoms with Crippen LogP contribution in [0.2, 0.25) is 0 Å². The van der Waals surface area contributed by atoms with Crippen molar-refractivity contribution < 1.29 is 22.7 Å². The lowest BCUT2D eigenvalue weighted by Crippen LogP contribution is -2.16. The number of hydrogen-bond donors (Lipinski definition) is 1. The molecule has 2 aromatic carbocycles. The molecule has 4 nitrogen and oxygen atoms in total. The molecular weight excluding hydrogens is 329 g/mol. The number of benzene rings is 2. The minimum Gasteiger partial charge on any atom is -0.483 e. The van der Waals surface area contributed by atoms with Gasteiger partial charge in [-0.25, -0.2) is 18.2 Å². The van der Waals surface area contributed by atoms with Gasteiger partial charge in [0.15, 0.2) is 11.6 Å². The van der Waals surface area contributed by atoms with Crippen LogP contribution in [0, 0.1) is 17.5 Å². The number of thiazole rings is 1. The average molecular weight is 338 g/mol. The molecule has 0 radical (unpaired) electrons. The molecule has 0 atom stereocenters. The van der Waals surface area contributed by atoms with E-state index in [-0.39, 0.29) is 12.4 Å². The Morgan fingerprint density at radius 3 is 2.74 bits per heavy atom. The van der Waals surface area contributed by atoms with E-state index in [0.29, 0.717) is 10.5 Å². The number of fused-ring (bicyclic) bond motifs is 1. The molecule has 8 heteroatoms. The van der Waals surface area contributed by atoms with Gasteiger partial charge < -0.3 is 10.5 Å². The molecule has 118 valence electrons. The quantitative estimate of drug-likeness (QED) is 0.793. The average Bonchev–Trinajstić information content (AvgIpc) is 2.88. The summed E-state index contributed by atoms with van der Waals surface area (Å²) in [6.07, 6.45) is 0. The fourth-order valence-electron chi connectivity index (χ4n) is 2.02. The summed E-state index contributed by atoms with van der Waals surface area (Å²) < 4.78 is 46.5. The second-order valence-corrected chi connectivity index (χ2v) is 5.72. The van der Waals surface area contributed by atoms with Crippen molar-refractivity contribution in [3.8, 4) is 5.75 Å². The summed E-state index contributed by atoms with van der Waals surface area (Å²) in [7, 11) is 0. The number of primary amides is 1. The van der Waals surface area contributed by atoms with E-state index < -0.39 is 28.9 Å². The molecule has 1 aromatic heterocycles. The topological polar surface area (TPSA) is 65.2 Å². The molecule has 0 unspecified atom stereocenters. The third-order valence-corrected chi connectivity index (χ3v) is 4.06. The summed E-state index contributed by atoms with van der Waals surface area (Å²) in [5, 5.41) is 0.481. The molecule has 2 N–H and O–H groups in total. The molecule has 0 bridgehead atoms. The van der Waals surface area contributed by atoms with Gasteiger partial charge in [-0.05, 0) is 24.3 Å². The highest BCUT2D eigenvalue weighted by Gasteiger charge is 2.19. The van der Waals surface area contributed by atoms with Gasteiger partial charge >= 0.3 is 0 Å². The first-order valence-electron chi connectivity index (χ1n) is 6.41. The van der Waals surface area contributed by atoms with Crippen LogP contribution in [0.5, 0.6) is 5.75 Å². The predicted octanol–water partition coefficient (Wildman–Crippen LogP) is 3.39. The molecule has 0 aliphatic rings. The van der Waals surface area contributed by atoms with Gasteiger partial charge in [-0.1, -0.05) is 0 Å². The van der Waals surface area contributed by atoms with Crippen molar-refractivity contribution >= 4 is 27.5 Å². The molecule has 3 rings (SSSR count). The third-order valence-electron chi connectivity index (χ3n) is 3.05. The number of nitrogens with two attached hydrogens (primary N) is 1. The normalized spacial score (nSPS) is 10.9. The van der Waals surface area contributed by atoms with Crippen LogP contribution >= 0.6 is 11.3 Å². The molecule has 0 aliphatic carbocycles. The molecule has 23 heavy (non-hydrogen) atoms. The number of ether oxygens (including phenoxy) is 1. The zero-order valence-electron chi connectivity index (χ0n) is 11.5. The molecule has 0 fully saturated rings. The van der Waals surface area contributed by atoms with E-state index in [0.717, 1.165) is 16.8 Å². The first-order valence-corrected chi connectivity index (χ1v) is 7.23. The Balaban J connectivity index is 1.85. The summed E-state index contributed by atoms with van der Waals surface area (Å²) >= 11 is 1.25. The molecule has 0 aliphatic heterocycles. The van der Waals surface area contributed by atoms with Crippen molar-refractivity contribution in [3.63, 3.8) is 0 Å².